The van der Waals surface area contributed by atoms with Crippen LogP contribution in [0.3, 0.4) is 0 Å². The number of pyridine rings is 1. The summed E-state index contributed by atoms with van der Waals surface area (Å²) >= 11 is 0. The van der Waals surface area contributed by atoms with E-state index in [9.17, 15) is 9.59 Å². The quantitative estimate of drug-likeness (QED) is 0.833. The van der Waals surface area contributed by atoms with Crippen LogP contribution in [0.5, 0.6) is 0 Å². The highest BCUT2D eigenvalue weighted by molar-refractivity contribution is 6.09. The van der Waals surface area contributed by atoms with E-state index in [1.165, 1.54) is 17.1 Å². The highest BCUT2D eigenvalue weighted by atomic mass is 16.4. The van der Waals surface area contributed by atoms with Crippen molar-refractivity contribution in [1.82, 2.24) is 14.8 Å². The molecule has 2 N–H and O–H groups in total. The number of carboxylic acid groups (broad SMARTS) is 1. The number of amides is 1. The second kappa shape index (κ2) is 4.66. The monoisotopic (exact) mass is 246 g/mol. The van der Waals surface area contributed by atoms with Gasteiger partial charge in [0.15, 0.2) is 5.69 Å². The molecule has 0 atom stereocenters. The van der Waals surface area contributed by atoms with Crippen LogP contribution in [0.2, 0.25) is 0 Å². The third kappa shape index (κ3) is 2.34. The first kappa shape index (κ1) is 11.8. The number of carboxylic acids is 1. The Labute approximate surface area is 102 Å². The van der Waals surface area contributed by atoms with E-state index in [4.69, 9.17) is 5.11 Å². The SMILES string of the molecule is Cn1cc(C(=O)Nc2ccccn2)c(C(=O)O)n1. The summed E-state index contributed by atoms with van der Waals surface area (Å²) in [5.41, 5.74) is -0.290. The molecule has 2 heterocycles. The number of aromatic carboxylic acids is 1. The number of carbonyl (C=O) groups is 2. The molecular weight excluding hydrogens is 236 g/mol. The van der Waals surface area contributed by atoms with Crippen LogP contribution in [0, 0.1) is 0 Å². The largest absolute Gasteiger partial charge is 0.476 e. The van der Waals surface area contributed by atoms with E-state index in [0.29, 0.717) is 5.82 Å². The maximum Gasteiger partial charge on any atom is 0.357 e. The van der Waals surface area contributed by atoms with Crippen LogP contribution in [0.25, 0.3) is 0 Å². The summed E-state index contributed by atoms with van der Waals surface area (Å²) in [7, 11) is 1.55. The van der Waals surface area contributed by atoms with E-state index in [2.05, 4.69) is 15.4 Å². The highest BCUT2D eigenvalue weighted by Gasteiger charge is 2.21. The number of nitrogens with zero attached hydrogens (tertiary/aromatic N) is 3. The van der Waals surface area contributed by atoms with Gasteiger partial charge < -0.3 is 10.4 Å². The normalized spacial score (nSPS) is 10.1. The fourth-order valence-electron chi connectivity index (χ4n) is 1.43. The Bertz CT molecular complexity index is 592. The van der Waals surface area contributed by atoms with Gasteiger partial charge in [-0.1, -0.05) is 6.07 Å². The molecule has 2 aromatic rings. The van der Waals surface area contributed by atoms with Crippen LogP contribution in [0.4, 0.5) is 5.82 Å². The minimum absolute atomic E-state index is 0.00402. The second-order valence-electron chi connectivity index (χ2n) is 3.54. The predicted molar refractivity (Wildman–Crippen MR) is 62.4 cm³/mol. The lowest BCUT2D eigenvalue weighted by Gasteiger charge is -2.02. The molecule has 18 heavy (non-hydrogen) atoms. The van der Waals surface area contributed by atoms with E-state index in [-0.39, 0.29) is 11.3 Å². The maximum absolute atomic E-state index is 11.9. The molecule has 0 aromatic carbocycles. The van der Waals surface area contributed by atoms with Gasteiger partial charge in [0.1, 0.15) is 5.82 Å². The van der Waals surface area contributed by atoms with Gasteiger partial charge in [0.2, 0.25) is 0 Å². The first-order valence-electron chi connectivity index (χ1n) is 5.07. The van der Waals surface area contributed by atoms with Crippen molar-refractivity contribution in [2.75, 3.05) is 5.32 Å². The zero-order valence-electron chi connectivity index (χ0n) is 9.49. The molecule has 7 heteroatoms. The molecule has 0 fully saturated rings. The van der Waals surface area contributed by atoms with Crippen molar-refractivity contribution in [3.63, 3.8) is 0 Å². The van der Waals surface area contributed by atoms with Crippen molar-refractivity contribution in [2.24, 2.45) is 7.05 Å². The van der Waals surface area contributed by atoms with Crippen molar-refractivity contribution in [3.05, 3.63) is 41.9 Å². The number of hydrogen-bond acceptors (Lipinski definition) is 4. The summed E-state index contributed by atoms with van der Waals surface area (Å²) in [6.45, 7) is 0. The number of aromatic nitrogens is 3. The first-order valence-corrected chi connectivity index (χ1v) is 5.07. The number of anilines is 1. The van der Waals surface area contributed by atoms with Crippen LogP contribution < -0.4 is 5.32 Å². The molecule has 0 aliphatic carbocycles. The zero-order chi connectivity index (χ0) is 13.1. The van der Waals surface area contributed by atoms with Crippen molar-refractivity contribution < 1.29 is 14.7 Å². The lowest BCUT2D eigenvalue weighted by molar-refractivity contribution is 0.0685. The number of aryl methyl sites for hydroxylation is 1. The lowest BCUT2D eigenvalue weighted by Crippen LogP contribution is -2.15. The molecule has 2 aromatic heterocycles. The van der Waals surface area contributed by atoms with Crippen molar-refractivity contribution in [2.45, 2.75) is 0 Å². The maximum atomic E-state index is 11.9. The van der Waals surface area contributed by atoms with Gasteiger partial charge in [0.05, 0.1) is 5.56 Å². The topological polar surface area (TPSA) is 97.1 Å². The molecular formula is C11H10N4O3. The van der Waals surface area contributed by atoms with E-state index in [0.717, 1.165) is 0 Å². The summed E-state index contributed by atoms with van der Waals surface area (Å²) in [6.07, 6.45) is 2.87. The average molecular weight is 246 g/mol. The fourth-order valence-corrected chi connectivity index (χ4v) is 1.43. The molecule has 0 saturated heterocycles. The summed E-state index contributed by atoms with van der Waals surface area (Å²) < 4.78 is 1.27. The van der Waals surface area contributed by atoms with Gasteiger partial charge in [-0.25, -0.2) is 9.78 Å². The minimum atomic E-state index is -1.25. The summed E-state index contributed by atoms with van der Waals surface area (Å²) in [5, 5.41) is 15.1. The minimum Gasteiger partial charge on any atom is -0.476 e. The predicted octanol–water partition coefficient (Wildman–Crippen LogP) is 0.766. The molecule has 0 aliphatic rings. The van der Waals surface area contributed by atoms with Gasteiger partial charge in [-0.05, 0) is 12.1 Å². The zero-order valence-corrected chi connectivity index (χ0v) is 9.49. The standard InChI is InChI=1S/C11H10N4O3/c1-15-6-7(9(14-15)11(17)18)10(16)13-8-4-2-3-5-12-8/h2-6H,1H3,(H,17,18)(H,12,13,16). The molecule has 92 valence electrons. The van der Waals surface area contributed by atoms with Gasteiger partial charge in [-0.2, -0.15) is 5.10 Å². The van der Waals surface area contributed by atoms with Crippen molar-refractivity contribution in [1.29, 1.82) is 0 Å². The van der Waals surface area contributed by atoms with Crippen LogP contribution in [-0.2, 0) is 7.05 Å². The lowest BCUT2D eigenvalue weighted by atomic mass is 10.2. The summed E-state index contributed by atoms with van der Waals surface area (Å²) in [4.78, 5) is 26.7. The van der Waals surface area contributed by atoms with E-state index in [1.54, 1.807) is 25.2 Å². The number of nitrogens with one attached hydrogen (secondary N) is 1. The molecule has 0 saturated carbocycles. The Morgan fingerprint density at radius 1 is 1.39 bits per heavy atom. The Morgan fingerprint density at radius 3 is 2.78 bits per heavy atom. The van der Waals surface area contributed by atoms with E-state index >= 15 is 0 Å². The van der Waals surface area contributed by atoms with Crippen molar-refractivity contribution in [3.8, 4) is 0 Å². The fraction of sp³-hybridized carbons (Fsp3) is 0.0909. The molecule has 0 aliphatic heterocycles. The molecule has 7 nitrogen and oxygen atoms in total. The van der Waals surface area contributed by atoms with Crippen molar-refractivity contribution >= 4 is 17.7 Å². The first-order chi connectivity index (χ1) is 8.58. The van der Waals surface area contributed by atoms with Crippen LogP contribution in [0.1, 0.15) is 20.8 Å². The van der Waals surface area contributed by atoms with Gasteiger partial charge in [-0.3, -0.25) is 9.48 Å². The van der Waals surface area contributed by atoms with Crippen LogP contribution >= 0.6 is 0 Å². The molecule has 0 spiro atoms. The van der Waals surface area contributed by atoms with Gasteiger partial charge in [-0.15, -0.1) is 0 Å². The van der Waals surface area contributed by atoms with Gasteiger partial charge in [0.25, 0.3) is 5.91 Å². The average Bonchev–Trinajstić information content (AvgIpc) is 2.73. The third-order valence-electron chi connectivity index (χ3n) is 2.18. The Balaban J connectivity index is 2.27. The summed E-state index contributed by atoms with van der Waals surface area (Å²) in [5.74, 6) is -1.45. The molecule has 0 unspecified atom stereocenters. The Morgan fingerprint density at radius 2 is 2.17 bits per heavy atom. The van der Waals surface area contributed by atoms with Crippen LogP contribution in [0.15, 0.2) is 30.6 Å². The van der Waals surface area contributed by atoms with E-state index in [1.807, 2.05) is 0 Å². The Kier molecular flexibility index (Phi) is 3.05. The highest BCUT2D eigenvalue weighted by Crippen LogP contribution is 2.09. The van der Waals surface area contributed by atoms with Gasteiger partial charge >= 0.3 is 5.97 Å². The molecule has 0 bridgehead atoms. The molecule has 2 rings (SSSR count). The number of carbonyl (C=O) groups excluding carboxylic acids is 1. The van der Waals surface area contributed by atoms with Gasteiger partial charge in [0, 0.05) is 19.4 Å². The number of hydrogen-bond donors (Lipinski definition) is 2. The molecule has 1 amide bonds. The van der Waals surface area contributed by atoms with Crippen LogP contribution in [-0.4, -0.2) is 31.7 Å². The smallest absolute Gasteiger partial charge is 0.357 e. The second-order valence-corrected chi connectivity index (χ2v) is 3.54. The molecule has 0 radical (unpaired) electrons. The summed E-state index contributed by atoms with van der Waals surface area (Å²) in [6, 6.07) is 5.03. The number of rotatable bonds is 3. The van der Waals surface area contributed by atoms with E-state index < -0.39 is 11.9 Å². The third-order valence-corrected chi connectivity index (χ3v) is 2.18. The Hall–Kier alpha value is -2.70.